The van der Waals surface area contributed by atoms with Gasteiger partial charge in [-0.2, -0.15) is 13.2 Å². The van der Waals surface area contributed by atoms with Crippen molar-refractivity contribution in [3.05, 3.63) is 75.7 Å². The third-order valence-electron chi connectivity index (χ3n) is 5.97. The van der Waals surface area contributed by atoms with E-state index in [0.717, 1.165) is 36.3 Å². The van der Waals surface area contributed by atoms with Crippen LogP contribution >= 0.6 is 11.8 Å². The number of likely N-dealkylation sites (N-methyl/N-ethyl adjacent to an activating group) is 1. The topological polar surface area (TPSA) is 49.4 Å². The Labute approximate surface area is 200 Å². The summed E-state index contributed by atoms with van der Waals surface area (Å²) < 4.78 is 38.4. The van der Waals surface area contributed by atoms with E-state index in [1.165, 1.54) is 47.2 Å². The maximum absolute atomic E-state index is 12.9. The van der Waals surface area contributed by atoms with Crippen molar-refractivity contribution >= 4 is 35.3 Å². The number of nitrogens with zero attached hydrogens (tertiary/aromatic N) is 1. The molecule has 8 heteroatoms. The van der Waals surface area contributed by atoms with Crippen LogP contribution in [0, 0.1) is 0 Å². The van der Waals surface area contributed by atoms with Gasteiger partial charge in [-0.15, -0.1) is 0 Å². The molecule has 1 N–H and O–H groups in total. The highest BCUT2D eigenvalue weighted by atomic mass is 32.2. The minimum atomic E-state index is -4.41. The molecule has 0 saturated carbocycles. The molecule has 1 aliphatic carbocycles. The van der Waals surface area contributed by atoms with Gasteiger partial charge in [-0.05, 0) is 74.1 Å². The smallest absolute Gasteiger partial charge is 0.352 e. The summed E-state index contributed by atoms with van der Waals surface area (Å²) in [5.41, 5.74) is 2.27. The van der Waals surface area contributed by atoms with Crippen LogP contribution in [0.15, 0.2) is 63.9 Å². The molecule has 2 amide bonds. The number of fused-ring (bicyclic) bond motifs is 1. The number of thioether (sulfide) groups is 1. The lowest BCUT2D eigenvalue weighted by atomic mass is 9.97. The van der Waals surface area contributed by atoms with E-state index in [2.05, 4.69) is 11.4 Å². The van der Waals surface area contributed by atoms with Gasteiger partial charge < -0.3 is 10.2 Å². The lowest BCUT2D eigenvalue weighted by molar-refractivity contribution is -0.137. The van der Waals surface area contributed by atoms with Crippen LogP contribution in [0.1, 0.15) is 53.6 Å². The maximum atomic E-state index is 12.9. The molecule has 0 atom stereocenters. The third-order valence-corrected chi connectivity index (χ3v) is 7.05. The largest absolute Gasteiger partial charge is 0.416 e. The highest BCUT2D eigenvalue weighted by Crippen LogP contribution is 2.42. The molecule has 0 aromatic heterocycles. The van der Waals surface area contributed by atoms with Crippen LogP contribution in [-0.4, -0.2) is 25.4 Å². The molecule has 2 aromatic rings. The molecule has 0 unspecified atom stereocenters. The molecular weight excluding hydrogens is 461 g/mol. The van der Waals surface area contributed by atoms with Gasteiger partial charge in [0.05, 0.1) is 16.2 Å². The van der Waals surface area contributed by atoms with Crippen LogP contribution in [0.4, 0.5) is 18.9 Å². The minimum Gasteiger partial charge on any atom is -0.352 e. The van der Waals surface area contributed by atoms with Crippen molar-refractivity contribution in [2.45, 2.75) is 43.2 Å². The van der Waals surface area contributed by atoms with Crippen LogP contribution in [0.3, 0.4) is 0 Å². The lowest BCUT2D eigenvalue weighted by Crippen LogP contribution is -2.31. The molecule has 0 radical (unpaired) electrons. The number of hydrogen-bond donors (Lipinski definition) is 1. The molecule has 0 saturated heterocycles. The number of halogens is 3. The summed E-state index contributed by atoms with van der Waals surface area (Å²) in [5.74, 6) is -0.463. The summed E-state index contributed by atoms with van der Waals surface area (Å²) in [7, 11) is 1.62. The summed E-state index contributed by atoms with van der Waals surface area (Å²) in [6.07, 6.45) is 4.94. The second-order valence-corrected chi connectivity index (χ2v) is 9.47. The third kappa shape index (κ3) is 5.55. The molecule has 178 valence electrons. The van der Waals surface area contributed by atoms with Crippen molar-refractivity contribution in [1.29, 1.82) is 0 Å². The number of benzene rings is 2. The molecule has 0 spiro atoms. The fourth-order valence-electron chi connectivity index (χ4n) is 4.03. The van der Waals surface area contributed by atoms with Gasteiger partial charge in [0.2, 0.25) is 0 Å². The van der Waals surface area contributed by atoms with Gasteiger partial charge >= 0.3 is 6.18 Å². The molecule has 4 rings (SSSR count). The Hall–Kier alpha value is -3.00. The molecule has 0 fully saturated rings. The summed E-state index contributed by atoms with van der Waals surface area (Å²) in [6, 6.07) is 9.90. The van der Waals surface area contributed by atoms with Crippen molar-refractivity contribution in [3.8, 4) is 0 Å². The van der Waals surface area contributed by atoms with E-state index in [1.54, 1.807) is 31.3 Å². The summed E-state index contributed by atoms with van der Waals surface area (Å²) >= 11 is 1.24. The highest BCUT2D eigenvalue weighted by molar-refractivity contribution is 8.04. The van der Waals surface area contributed by atoms with E-state index >= 15 is 0 Å². The normalized spacial score (nSPS) is 17.4. The van der Waals surface area contributed by atoms with Crippen LogP contribution in [0.5, 0.6) is 0 Å². The number of anilines is 1. The number of alkyl halides is 3. The highest BCUT2D eigenvalue weighted by Gasteiger charge is 2.30. The van der Waals surface area contributed by atoms with Crippen molar-refractivity contribution in [1.82, 2.24) is 5.32 Å². The van der Waals surface area contributed by atoms with Gasteiger partial charge in [0.15, 0.2) is 0 Å². The fraction of sp³-hybridized carbons (Fsp3) is 0.308. The Balaban J connectivity index is 1.45. The van der Waals surface area contributed by atoms with Gasteiger partial charge in [0, 0.05) is 24.1 Å². The first kappa shape index (κ1) is 24.1. The zero-order valence-electron chi connectivity index (χ0n) is 18.7. The number of amides is 2. The predicted octanol–water partition coefficient (Wildman–Crippen LogP) is 6.44. The molecular formula is C26H25F3N2O2S. The van der Waals surface area contributed by atoms with Gasteiger partial charge in [0.25, 0.3) is 11.8 Å². The van der Waals surface area contributed by atoms with Crippen molar-refractivity contribution in [2.24, 2.45) is 0 Å². The van der Waals surface area contributed by atoms with Crippen LogP contribution < -0.4 is 10.2 Å². The fourth-order valence-corrected chi connectivity index (χ4v) is 5.12. The first-order valence-electron chi connectivity index (χ1n) is 11.2. The average molecular weight is 487 g/mol. The van der Waals surface area contributed by atoms with Gasteiger partial charge in [0.1, 0.15) is 0 Å². The second kappa shape index (κ2) is 10.1. The molecule has 2 aromatic carbocycles. The monoisotopic (exact) mass is 486 g/mol. The Morgan fingerprint density at radius 1 is 1.15 bits per heavy atom. The maximum Gasteiger partial charge on any atom is 0.416 e. The van der Waals surface area contributed by atoms with E-state index in [9.17, 15) is 22.8 Å². The van der Waals surface area contributed by atoms with Crippen molar-refractivity contribution in [3.63, 3.8) is 0 Å². The van der Waals surface area contributed by atoms with Crippen LogP contribution in [0.2, 0.25) is 0 Å². The lowest BCUT2D eigenvalue weighted by Gasteiger charge is -2.27. The Kier molecular flexibility index (Phi) is 7.16. The van der Waals surface area contributed by atoms with E-state index in [4.69, 9.17) is 0 Å². The Bertz CT molecular complexity index is 1150. The molecule has 4 nitrogen and oxygen atoms in total. The summed E-state index contributed by atoms with van der Waals surface area (Å²) in [6.45, 7) is 0.575. The zero-order chi connectivity index (χ0) is 24.3. The van der Waals surface area contributed by atoms with Gasteiger partial charge in [-0.25, -0.2) is 0 Å². The van der Waals surface area contributed by atoms with E-state index < -0.39 is 11.7 Å². The number of rotatable bonds is 5. The van der Waals surface area contributed by atoms with Gasteiger partial charge in [-0.3, -0.25) is 9.59 Å². The number of carbonyl (C=O) groups is 2. The van der Waals surface area contributed by atoms with Crippen LogP contribution in [-0.2, 0) is 11.0 Å². The predicted molar refractivity (Wildman–Crippen MR) is 129 cm³/mol. The summed E-state index contributed by atoms with van der Waals surface area (Å²) in [5, 5.41) is 2.95. The molecule has 1 aliphatic heterocycles. The second-order valence-electron chi connectivity index (χ2n) is 8.39. The first-order valence-corrected chi connectivity index (χ1v) is 12.0. The number of nitrogens with one attached hydrogen (secondary N) is 1. The Morgan fingerprint density at radius 2 is 1.91 bits per heavy atom. The van der Waals surface area contributed by atoms with E-state index in [0.29, 0.717) is 28.3 Å². The minimum absolute atomic E-state index is 0.184. The first-order chi connectivity index (χ1) is 16.2. The quantitative estimate of drug-likeness (QED) is 0.391. The molecule has 34 heavy (non-hydrogen) atoms. The van der Waals surface area contributed by atoms with Crippen molar-refractivity contribution in [2.75, 3.05) is 18.5 Å². The van der Waals surface area contributed by atoms with Crippen LogP contribution in [0.25, 0.3) is 6.08 Å². The standard InChI is InChI=1S/C26H25F3N2O2S/c1-31-21-16-19(24(32)30-14-13-17-5-3-2-4-6-17)9-12-22(21)34-23(25(31)33)15-18-7-10-20(11-8-18)26(27,28)29/h5,7-12,15-16H,2-4,6,13-14H2,1H3,(H,30,32)/b23-15-. The average Bonchev–Trinajstić information content (AvgIpc) is 2.82. The number of hydrogen-bond acceptors (Lipinski definition) is 3. The van der Waals surface area contributed by atoms with E-state index in [1.807, 2.05) is 0 Å². The number of carbonyl (C=O) groups excluding carboxylic acids is 2. The number of allylic oxidation sites excluding steroid dienone is 1. The molecule has 0 bridgehead atoms. The van der Waals surface area contributed by atoms with E-state index in [-0.39, 0.29) is 11.8 Å². The van der Waals surface area contributed by atoms with Crippen molar-refractivity contribution < 1.29 is 22.8 Å². The Morgan fingerprint density at radius 3 is 2.59 bits per heavy atom. The zero-order valence-corrected chi connectivity index (χ0v) is 19.6. The van der Waals surface area contributed by atoms with Gasteiger partial charge in [-0.1, -0.05) is 35.5 Å². The SMILES string of the molecule is CN1C(=O)/C(=C/c2ccc(C(F)(F)F)cc2)Sc2ccc(C(=O)NCCC3=CCCCC3)cc21. The molecule has 2 aliphatic rings. The molecule has 1 heterocycles. The summed E-state index contributed by atoms with van der Waals surface area (Å²) in [4.78, 5) is 28.2.